The Morgan fingerprint density at radius 2 is 2.14 bits per heavy atom. The molecule has 2 aromatic rings. The SMILES string of the molecule is CCCNC(c1ccncc1F)c1c(Cl)cnn1C(C)C. The third-order valence-electron chi connectivity index (χ3n) is 3.26. The second-order valence-corrected chi connectivity index (χ2v) is 5.61. The molecule has 0 aliphatic heterocycles. The maximum atomic E-state index is 14.1. The molecule has 0 bridgehead atoms. The van der Waals surface area contributed by atoms with E-state index in [0.717, 1.165) is 18.7 Å². The van der Waals surface area contributed by atoms with Crippen LogP contribution in [0.1, 0.15) is 50.5 Å². The number of halogens is 2. The average Bonchev–Trinajstić information content (AvgIpc) is 2.83. The highest BCUT2D eigenvalue weighted by atomic mass is 35.5. The summed E-state index contributed by atoms with van der Waals surface area (Å²) in [5, 5.41) is 8.19. The Morgan fingerprint density at radius 3 is 2.76 bits per heavy atom. The van der Waals surface area contributed by atoms with Crippen molar-refractivity contribution in [2.45, 2.75) is 39.3 Å². The molecule has 0 radical (unpaired) electrons. The van der Waals surface area contributed by atoms with Crippen LogP contribution in [-0.4, -0.2) is 21.3 Å². The minimum absolute atomic E-state index is 0.142. The van der Waals surface area contributed by atoms with Gasteiger partial charge in [-0.15, -0.1) is 0 Å². The van der Waals surface area contributed by atoms with Crippen LogP contribution < -0.4 is 5.32 Å². The lowest BCUT2D eigenvalue weighted by molar-refractivity contribution is 0.462. The van der Waals surface area contributed by atoms with E-state index >= 15 is 0 Å². The summed E-state index contributed by atoms with van der Waals surface area (Å²) in [4.78, 5) is 3.81. The molecule has 0 fully saturated rings. The van der Waals surface area contributed by atoms with Crippen molar-refractivity contribution in [1.82, 2.24) is 20.1 Å². The van der Waals surface area contributed by atoms with Gasteiger partial charge in [0.15, 0.2) is 0 Å². The first kappa shape index (κ1) is 15.9. The van der Waals surface area contributed by atoms with E-state index in [1.807, 2.05) is 18.5 Å². The zero-order chi connectivity index (χ0) is 15.4. The van der Waals surface area contributed by atoms with E-state index in [4.69, 9.17) is 11.6 Å². The highest BCUT2D eigenvalue weighted by molar-refractivity contribution is 6.31. The van der Waals surface area contributed by atoms with E-state index in [0.29, 0.717) is 10.6 Å². The number of hydrogen-bond donors (Lipinski definition) is 1. The van der Waals surface area contributed by atoms with Gasteiger partial charge in [-0.05, 0) is 32.9 Å². The largest absolute Gasteiger partial charge is 0.305 e. The number of pyridine rings is 1. The zero-order valence-corrected chi connectivity index (χ0v) is 13.2. The molecule has 1 atom stereocenters. The van der Waals surface area contributed by atoms with Crippen LogP contribution in [0.3, 0.4) is 0 Å². The number of nitrogens with zero attached hydrogens (tertiary/aromatic N) is 3. The van der Waals surface area contributed by atoms with E-state index in [-0.39, 0.29) is 17.9 Å². The molecule has 0 saturated heterocycles. The molecular formula is C15H20ClFN4. The molecule has 0 amide bonds. The third-order valence-corrected chi connectivity index (χ3v) is 3.55. The van der Waals surface area contributed by atoms with E-state index in [9.17, 15) is 4.39 Å². The Kier molecular flexibility index (Phi) is 5.31. The van der Waals surface area contributed by atoms with Gasteiger partial charge in [0.25, 0.3) is 0 Å². The fourth-order valence-electron chi connectivity index (χ4n) is 2.29. The van der Waals surface area contributed by atoms with Crippen LogP contribution in [0.15, 0.2) is 24.7 Å². The van der Waals surface area contributed by atoms with Crippen molar-refractivity contribution in [1.29, 1.82) is 0 Å². The van der Waals surface area contributed by atoms with E-state index in [1.165, 1.54) is 6.20 Å². The Morgan fingerprint density at radius 1 is 1.38 bits per heavy atom. The Bertz CT molecular complexity index is 597. The molecule has 114 valence electrons. The number of hydrogen-bond acceptors (Lipinski definition) is 3. The van der Waals surface area contributed by atoms with Crippen LogP contribution in [0.4, 0.5) is 4.39 Å². The topological polar surface area (TPSA) is 42.7 Å². The average molecular weight is 311 g/mol. The number of nitrogens with one attached hydrogen (secondary N) is 1. The Hall–Kier alpha value is -1.46. The van der Waals surface area contributed by atoms with Gasteiger partial charge in [-0.2, -0.15) is 5.10 Å². The summed E-state index contributed by atoms with van der Waals surface area (Å²) < 4.78 is 16.0. The first-order valence-corrected chi connectivity index (χ1v) is 7.49. The van der Waals surface area contributed by atoms with Gasteiger partial charge >= 0.3 is 0 Å². The van der Waals surface area contributed by atoms with Crippen molar-refractivity contribution in [3.8, 4) is 0 Å². The molecule has 0 saturated carbocycles. The van der Waals surface area contributed by atoms with Crippen molar-refractivity contribution in [3.05, 3.63) is 46.8 Å². The summed E-state index contributed by atoms with van der Waals surface area (Å²) in [6.45, 7) is 6.86. The summed E-state index contributed by atoms with van der Waals surface area (Å²) in [6.07, 6.45) is 5.36. The first-order valence-electron chi connectivity index (χ1n) is 7.12. The van der Waals surface area contributed by atoms with Crippen molar-refractivity contribution in [3.63, 3.8) is 0 Å². The van der Waals surface area contributed by atoms with Gasteiger partial charge in [0.2, 0.25) is 0 Å². The van der Waals surface area contributed by atoms with Crippen molar-refractivity contribution in [2.75, 3.05) is 6.54 Å². The van der Waals surface area contributed by atoms with Crippen LogP contribution in [0.2, 0.25) is 5.02 Å². The normalized spacial score (nSPS) is 12.9. The number of aromatic nitrogens is 3. The van der Waals surface area contributed by atoms with Gasteiger partial charge < -0.3 is 5.32 Å². The van der Waals surface area contributed by atoms with Crippen molar-refractivity contribution < 1.29 is 4.39 Å². The first-order chi connectivity index (χ1) is 10.1. The minimum atomic E-state index is -0.348. The quantitative estimate of drug-likeness (QED) is 0.884. The molecule has 0 aliphatic carbocycles. The Balaban J connectivity index is 2.51. The van der Waals surface area contributed by atoms with Crippen LogP contribution >= 0.6 is 11.6 Å². The molecule has 6 heteroatoms. The highest BCUT2D eigenvalue weighted by Gasteiger charge is 2.25. The maximum absolute atomic E-state index is 14.1. The second kappa shape index (κ2) is 7.00. The maximum Gasteiger partial charge on any atom is 0.146 e. The van der Waals surface area contributed by atoms with E-state index in [1.54, 1.807) is 18.5 Å². The summed E-state index contributed by atoms with van der Waals surface area (Å²) >= 11 is 6.30. The zero-order valence-electron chi connectivity index (χ0n) is 12.5. The van der Waals surface area contributed by atoms with E-state index < -0.39 is 0 Å². The van der Waals surface area contributed by atoms with Crippen LogP contribution in [0.5, 0.6) is 0 Å². The summed E-state index contributed by atoms with van der Waals surface area (Å²) in [5.74, 6) is -0.348. The van der Waals surface area contributed by atoms with Crippen molar-refractivity contribution >= 4 is 11.6 Å². The molecule has 21 heavy (non-hydrogen) atoms. The predicted molar refractivity (Wildman–Crippen MR) is 82.0 cm³/mol. The highest BCUT2D eigenvalue weighted by Crippen LogP contribution is 2.31. The summed E-state index contributed by atoms with van der Waals surface area (Å²) in [7, 11) is 0. The number of rotatable bonds is 6. The molecule has 4 nitrogen and oxygen atoms in total. The lowest BCUT2D eigenvalue weighted by Gasteiger charge is -2.22. The smallest absolute Gasteiger partial charge is 0.146 e. The molecule has 1 unspecified atom stereocenters. The lowest BCUT2D eigenvalue weighted by atomic mass is 10.0. The molecule has 1 N–H and O–H groups in total. The predicted octanol–water partition coefficient (Wildman–Crippen LogP) is 3.74. The molecule has 0 spiro atoms. The van der Waals surface area contributed by atoms with Gasteiger partial charge in [-0.1, -0.05) is 18.5 Å². The summed E-state index contributed by atoms with van der Waals surface area (Å²) in [5.41, 5.74) is 1.31. The summed E-state index contributed by atoms with van der Waals surface area (Å²) in [6, 6.07) is 1.48. The van der Waals surface area contributed by atoms with Crippen LogP contribution in [0.25, 0.3) is 0 Å². The van der Waals surface area contributed by atoms with Gasteiger partial charge in [-0.3, -0.25) is 9.67 Å². The minimum Gasteiger partial charge on any atom is -0.305 e. The molecule has 0 aliphatic rings. The second-order valence-electron chi connectivity index (χ2n) is 5.20. The fraction of sp³-hybridized carbons (Fsp3) is 0.467. The van der Waals surface area contributed by atoms with Gasteiger partial charge in [0.1, 0.15) is 5.82 Å². The van der Waals surface area contributed by atoms with Gasteiger partial charge in [0.05, 0.1) is 29.2 Å². The molecule has 2 heterocycles. The molecular weight excluding hydrogens is 291 g/mol. The van der Waals surface area contributed by atoms with Crippen LogP contribution in [0, 0.1) is 5.82 Å². The van der Waals surface area contributed by atoms with Crippen molar-refractivity contribution in [2.24, 2.45) is 0 Å². The van der Waals surface area contributed by atoms with E-state index in [2.05, 4.69) is 22.3 Å². The molecule has 0 aromatic carbocycles. The standard InChI is InChI=1S/C15H20ClFN4/c1-4-6-19-14(11-5-7-18-9-13(11)17)15-12(16)8-20-21(15)10(2)3/h5,7-10,14,19H,4,6H2,1-3H3. The third kappa shape index (κ3) is 3.41. The van der Waals surface area contributed by atoms with Crippen LogP contribution in [-0.2, 0) is 0 Å². The fourth-order valence-corrected chi connectivity index (χ4v) is 2.53. The molecule has 2 aromatic heterocycles. The molecule has 2 rings (SSSR count). The van der Waals surface area contributed by atoms with Gasteiger partial charge in [-0.25, -0.2) is 4.39 Å². The van der Waals surface area contributed by atoms with Gasteiger partial charge in [0, 0.05) is 17.8 Å². The monoisotopic (exact) mass is 310 g/mol. The Labute approximate surface area is 129 Å². The lowest BCUT2D eigenvalue weighted by Crippen LogP contribution is -2.27.